The number of nitrogens with zero attached hydrogens (tertiary/aromatic N) is 2. The third-order valence-corrected chi connectivity index (χ3v) is 3.51. The van der Waals surface area contributed by atoms with Crippen LogP contribution in [0.5, 0.6) is 0 Å². The van der Waals surface area contributed by atoms with Crippen molar-refractivity contribution in [3.8, 4) is 0 Å². The second-order valence-electron chi connectivity index (χ2n) is 4.91. The number of aliphatic imine (C=N–C) groups is 1. The van der Waals surface area contributed by atoms with Crippen LogP contribution in [-0.2, 0) is 16.1 Å². The van der Waals surface area contributed by atoms with Crippen molar-refractivity contribution in [2.75, 3.05) is 6.54 Å². The van der Waals surface area contributed by atoms with E-state index >= 15 is 0 Å². The van der Waals surface area contributed by atoms with Gasteiger partial charge in [0.15, 0.2) is 6.17 Å². The molecule has 0 aromatic heterocycles. The summed E-state index contributed by atoms with van der Waals surface area (Å²) in [5.74, 6) is 0. The van der Waals surface area contributed by atoms with Gasteiger partial charge in [-0.25, -0.2) is 9.79 Å². The molecular formula is C14H17N3O3. The van der Waals surface area contributed by atoms with Crippen LogP contribution in [0.2, 0.25) is 0 Å². The average molecular weight is 275 g/mol. The summed E-state index contributed by atoms with van der Waals surface area (Å²) in [7, 11) is 0. The van der Waals surface area contributed by atoms with Crippen molar-refractivity contribution in [1.29, 1.82) is 0 Å². The first-order valence-corrected chi connectivity index (χ1v) is 6.71. The maximum atomic E-state index is 12.2. The molecule has 1 fully saturated rings. The lowest BCUT2D eigenvalue weighted by Crippen LogP contribution is -2.48. The number of ether oxygens (including phenoxy) is 2. The van der Waals surface area contributed by atoms with Crippen molar-refractivity contribution in [3.63, 3.8) is 0 Å². The van der Waals surface area contributed by atoms with E-state index in [9.17, 15) is 4.79 Å². The van der Waals surface area contributed by atoms with E-state index in [2.05, 4.69) is 4.99 Å². The monoisotopic (exact) mass is 275 g/mol. The SMILES string of the molecule is NC1=N[C@@H]2[C@@H](CCCN2C(=O)OCc2ccccc2)O1. The number of fused-ring (bicyclic) bond motifs is 1. The summed E-state index contributed by atoms with van der Waals surface area (Å²) in [6.07, 6.45) is 0.882. The Morgan fingerprint density at radius 2 is 2.25 bits per heavy atom. The van der Waals surface area contributed by atoms with Gasteiger partial charge in [-0.05, 0) is 18.4 Å². The van der Waals surface area contributed by atoms with E-state index in [1.54, 1.807) is 4.90 Å². The van der Waals surface area contributed by atoms with E-state index in [4.69, 9.17) is 15.2 Å². The molecule has 0 bridgehead atoms. The highest BCUT2D eigenvalue weighted by Crippen LogP contribution is 2.26. The molecular weight excluding hydrogens is 258 g/mol. The Labute approximate surface area is 117 Å². The van der Waals surface area contributed by atoms with E-state index < -0.39 is 0 Å². The number of hydrogen-bond donors (Lipinski definition) is 1. The standard InChI is InChI=1S/C14H17N3O3/c15-13-16-12-11(20-13)7-4-8-17(12)14(18)19-9-10-5-2-1-3-6-10/h1-3,5-6,11-12H,4,7-9H2,(H2,15,16)/t11-,12+/m1/s1. The lowest BCUT2D eigenvalue weighted by molar-refractivity contribution is 0.0294. The van der Waals surface area contributed by atoms with Gasteiger partial charge in [-0.3, -0.25) is 4.90 Å². The molecule has 0 unspecified atom stereocenters. The highest BCUT2D eigenvalue weighted by molar-refractivity contribution is 5.75. The van der Waals surface area contributed by atoms with E-state index in [0.29, 0.717) is 6.54 Å². The molecule has 1 saturated heterocycles. The van der Waals surface area contributed by atoms with Crippen LogP contribution in [-0.4, -0.2) is 35.8 Å². The molecule has 1 amide bonds. The molecule has 1 aromatic carbocycles. The summed E-state index contributed by atoms with van der Waals surface area (Å²) >= 11 is 0. The van der Waals surface area contributed by atoms with Crippen LogP contribution >= 0.6 is 0 Å². The Bertz CT molecular complexity index is 518. The predicted molar refractivity (Wildman–Crippen MR) is 72.9 cm³/mol. The number of piperidine rings is 1. The quantitative estimate of drug-likeness (QED) is 0.886. The van der Waals surface area contributed by atoms with Crippen molar-refractivity contribution in [3.05, 3.63) is 35.9 Å². The molecule has 1 aromatic rings. The van der Waals surface area contributed by atoms with Crippen LogP contribution < -0.4 is 5.73 Å². The molecule has 0 spiro atoms. The normalized spacial score (nSPS) is 24.6. The predicted octanol–water partition coefficient (Wildman–Crippen LogP) is 1.46. The number of amidine groups is 1. The molecule has 3 rings (SSSR count). The largest absolute Gasteiger partial charge is 0.458 e. The first kappa shape index (κ1) is 12.8. The number of amides is 1. The Morgan fingerprint density at radius 1 is 1.45 bits per heavy atom. The van der Waals surface area contributed by atoms with Gasteiger partial charge < -0.3 is 15.2 Å². The van der Waals surface area contributed by atoms with Gasteiger partial charge in [-0.2, -0.15) is 0 Å². The lowest BCUT2D eigenvalue weighted by Gasteiger charge is -2.33. The van der Waals surface area contributed by atoms with Crippen molar-refractivity contribution in [2.24, 2.45) is 10.7 Å². The third-order valence-electron chi connectivity index (χ3n) is 3.51. The maximum Gasteiger partial charge on any atom is 0.411 e. The zero-order chi connectivity index (χ0) is 13.9. The minimum atomic E-state index is -0.370. The Hall–Kier alpha value is -2.24. The van der Waals surface area contributed by atoms with Gasteiger partial charge in [0.25, 0.3) is 6.02 Å². The molecule has 6 heteroatoms. The molecule has 2 N–H and O–H groups in total. The number of rotatable bonds is 2. The highest BCUT2D eigenvalue weighted by Gasteiger charge is 2.40. The van der Waals surface area contributed by atoms with E-state index in [-0.39, 0.29) is 31.0 Å². The molecule has 106 valence electrons. The summed E-state index contributed by atoms with van der Waals surface area (Å²) in [4.78, 5) is 17.9. The molecule has 20 heavy (non-hydrogen) atoms. The average Bonchev–Trinajstić information content (AvgIpc) is 2.85. The smallest absolute Gasteiger partial charge is 0.411 e. The van der Waals surface area contributed by atoms with Gasteiger partial charge in [0.1, 0.15) is 12.7 Å². The summed E-state index contributed by atoms with van der Waals surface area (Å²) < 4.78 is 10.7. The molecule has 6 nitrogen and oxygen atoms in total. The molecule has 2 aliphatic rings. The maximum absolute atomic E-state index is 12.2. The second kappa shape index (κ2) is 5.40. The van der Waals surface area contributed by atoms with Crippen LogP contribution in [0.15, 0.2) is 35.3 Å². The van der Waals surface area contributed by atoms with Gasteiger partial charge in [-0.15, -0.1) is 0 Å². The van der Waals surface area contributed by atoms with Crippen molar-refractivity contribution >= 4 is 12.1 Å². The molecule has 2 aliphatic heterocycles. The van der Waals surface area contributed by atoms with Gasteiger partial charge in [0.2, 0.25) is 0 Å². The van der Waals surface area contributed by atoms with Crippen LogP contribution in [0.4, 0.5) is 4.79 Å². The fourth-order valence-corrected chi connectivity index (χ4v) is 2.53. The summed E-state index contributed by atoms with van der Waals surface area (Å²) in [6, 6.07) is 9.74. The first-order chi connectivity index (χ1) is 9.74. The number of nitrogens with two attached hydrogens (primary N) is 1. The number of likely N-dealkylation sites (tertiary alicyclic amines) is 1. The van der Waals surface area contributed by atoms with Gasteiger partial charge in [-0.1, -0.05) is 30.3 Å². The molecule has 2 atom stereocenters. The molecule has 0 aliphatic carbocycles. The zero-order valence-corrected chi connectivity index (χ0v) is 11.1. The van der Waals surface area contributed by atoms with Crippen LogP contribution in [0.1, 0.15) is 18.4 Å². The number of carbonyl (C=O) groups excluding carboxylic acids is 1. The van der Waals surface area contributed by atoms with E-state index in [1.165, 1.54) is 0 Å². The van der Waals surface area contributed by atoms with E-state index in [1.807, 2.05) is 30.3 Å². The Kier molecular flexibility index (Phi) is 3.45. The lowest BCUT2D eigenvalue weighted by atomic mass is 10.1. The highest BCUT2D eigenvalue weighted by atomic mass is 16.6. The van der Waals surface area contributed by atoms with Gasteiger partial charge in [0, 0.05) is 6.54 Å². The molecule has 0 saturated carbocycles. The Morgan fingerprint density at radius 3 is 3.05 bits per heavy atom. The summed E-state index contributed by atoms with van der Waals surface area (Å²) in [6.45, 7) is 0.878. The van der Waals surface area contributed by atoms with Crippen LogP contribution in [0.3, 0.4) is 0 Å². The minimum Gasteiger partial charge on any atom is -0.458 e. The number of hydrogen-bond acceptors (Lipinski definition) is 5. The van der Waals surface area contributed by atoms with Gasteiger partial charge >= 0.3 is 6.09 Å². The number of benzene rings is 1. The summed E-state index contributed by atoms with van der Waals surface area (Å²) in [5.41, 5.74) is 6.53. The second-order valence-corrected chi connectivity index (χ2v) is 4.91. The Balaban J connectivity index is 1.62. The van der Waals surface area contributed by atoms with Crippen molar-refractivity contribution in [2.45, 2.75) is 31.7 Å². The summed E-state index contributed by atoms with van der Waals surface area (Å²) in [5, 5.41) is 0. The van der Waals surface area contributed by atoms with Gasteiger partial charge in [0.05, 0.1) is 0 Å². The van der Waals surface area contributed by atoms with Crippen LogP contribution in [0.25, 0.3) is 0 Å². The number of carbonyl (C=O) groups is 1. The van der Waals surface area contributed by atoms with E-state index in [0.717, 1.165) is 18.4 Å². The zero-order valence-electron chi connectivity index (χ0n) is 11.1. The van der Waals surface area contributed by atoms with Crippen molar-refractivity contribution in [1.82, 2.24) is 4.90 Å². The molecule has 2 heterocycles. The first-order valence-electron chi connectivity index (χ1n) is 6.71. The van der Waals surface area contributed by atoms with Crippen molar-refractivity contribution < 1.29 is 14.3 Å². The third kappa shape index (κ3) is 2.54. The topological polar surface area (TPSA) is 77.2 Å². The minimum absolute atomic E-state index is 0.131. The fourth-order valence-electron chi connectivity index (χ4n) is 2.53. The fraction of sp³-hybridized carbons (Fsp3) is 0.429. The molecule has 0 radical (unpaired) electrons. The van der Waals surface area contributed by atoms with Crippen LogP contribution in [0, 0.1) is 0 Å².